The maximum Gasteiger partial charge on any atom is 0.336 e. The zero-order valence-corrected chi connectivity index (χ0v) is 13.0. The third-order valence-electron chi connectivity index (χ3n) is 4.07. The van der Waals surface area contributed by atoms with Crippen molar-refractivity contribution in [2.75, 3.05) is 6.61 Å². The molecule has 0 fully saturated rings. The molecule has 3 N–H and O–H groups in total. The molecule has 0 heterocycles. The third-order valence-corrected chi connectivity index (χ3v) is 4.07. The van der Waals surface area contributed by atoms with Gasteiger partial charge < -0.3 is 20.1 Å². The molecule has 0 saturated carbocycles. The first kappa shape index (κ1) is 19.1. The minimum atomic E-state index is -1.59. The van der Waals surface area contributed by atoms with E-state index in [4.69, 9.17) is 9.84 Å². The van der Waals surface area contributed by atoms with Crippen molar-refractivity contribution >= 4 is 23.9 Å². The van der Waals surface area contributed by atoms with Crippen LogP contribution in [0, 0.1) is 11.3 Å². The van der Waals surface area contributed by atoms with Crippen molar-refractivity contribution in [1.82, 2.24) is 0 Å². The van der Waals surface area contributed by atoms with E-state index in [9.17, 15) is 29.4 Å². The summed E-state index contributed by atoms with van der Waals surface area (Å²) >= 11 is 0. The van der Waals surface area contributed by atoms with Crippen LogP contribution in [0.1, 0.15) is 19.8 Å². The maximum atomic E-state index is 11.8. The van der Waals surface area contributed by atoms with E-state index in [0.29, 0.717) is 0 Å². The molecule has 1 aliphatic carbocycles. The van der Waals surface area contributed by atoms with E-state index in [1.807, 2.05) is 0 Å². The lowest BCUT2D eigenvalue weighted by atomic mass is 9.67. The van der Waals surface area contributed by atoms with Crippen molar-refractivity contribution in [2.24, 2.45) is 11.3 Å². The van der Waals surface area contributed by atoms with Crippen molar-refractivity contribution in [1.29, 1.82) is 0 Å². The lowest BCUT2D eigenvalue weighted by Gasteiger charge is -2.35. The number of carbonyl (C=O) groups is 4. The molecule has 0 aromatic heterocycles. The molecule has 2 atom stereocenters. The van der Waals surface area contributed by atoms with Crippen LogP contribution in [0.25, 0.3) is 0 Å². The minimum Gasteiger partial charge on any atom is -0.481 e. The molecule has 0 spiro atoms. The second-order valence-corrected chi connectivity index (χ2v) is 5.42. The van der Waals surface area contributed by atoms with Crippen molar-refractivity contribution < 1.29 is 39.2 Å². The smallest absolute Gasteiger partial charge is 0.336 e. The molecule has 130 valence electrons. The van der Waals surface area contributed by atoms with Gasteiger partial charge in [0.2, 0.25) is 0 Å². The van der Waals surface area contributed by atoms with Crippen LogP contribution in [0.2, 0.25) is 0 Å². The van der Waals surface area contributed by atoms with E-state index in [-0.39, 0.29) is 13.0 Å². The predicted octanol–water partition coefficient (Wildman–Crippen LogP) is 1.24. The molecule has 24 heavy (non-hydrogen) atoms. The lowest BCUT2D eigenvalue weighted by Crippen LogP contribution is -2.39. The van der Waals surface area contributed by atoms with Gasteiger partial charge in [0, 0.05) is 12.5 Å². The Balaban J connectivity index is 3.07. The van der Waals surface area contributed by atoms with E-state index in [2.05, 4.69) is 6.58 Å². The third kappa shape index (κ3) is 3.89. The summed E-state index contributed by atoms with van der Waals surface area (Å²) in [5.41, 5.74) is -2.50. The van der Waals surface area contributed by atoms with Crippen molar-refractivity contribution in [2.45, 2.75) is 19.8 Å². The summed E-state index contributed by atoms with van der Waals surface area (Å²) in [6.07, 6.45) is 2.88. The van der Waals surface area contributed by atoms with E-state index in [1.54, 1.807) is 6.92 Å². The number of ether oxygens (including phenoxy) is 1. The SMILES string of the molecule is C=CC(=O)OCCC(C)C1(C(=O)O)C=CC(C(=O)O)=C(C(=O)O)C1. The molecule has 1 aliphatic rings. The van der Waals surface area contributed by atoms with Crippen molar-refractivity contribution in [3.8, 4) is 0 Å². The van der Waals surface area contributed by atoms with Gasteiger partial charge in [-0.3, -0.25) is 4.79 Å². The van der Waals surface area contributed by atoms with E-state index in [0.717, 1.165) is 12.2 Å². The van der Waals surface area contributed by atoms with E-state index in [1.165, 1.54) is 6.08 Å². The Morgan fingerprint density at radius 3 is 2.38 bits per heavy atom. The zero-order valence-electron chi connectivity index (χ0n) is 13.0. The van der Waals surface area contributed by atoms with Gasteiger partial charge in [0.1, 0.15) is 0 Å². The van der Waals surface area contributed by atoms with Crippen LogP contribution in [0.4, 0.5) is 0 Å². The van der Waals surface area contributed by atoms with Gasteiger partial charge >= 0.3 is 23.9 Å². The number of esters is 1. The van der Waals surface area contributed by atoms with Gasteiger partial charge in [0.15, 0.2) is 0 Å². The van der Waals surface area contributed by atoms with Gasteiger partial charge in [-0.2, -0.15) is 0 Å². The molecule has 8 nitrogen and oxygen atoms in total. The van der Waals surface area contributed by atoms with Gasteiger partial charge in [-0.15, -0.1) is 0 Å². The van der Waals surface area contributed by atoms with Crippen LogP contribution in [-0.4, -0.2) is 45.8 Å². The van der Waals surface area contributed by atoms with Gasteiger partial charge in [-0.25, -0.2) is 14.4 Å². The zero-order chi connectivity index (χ0) is 18.5. The number of carboxylic acid groups (broad SMARTS) is 3. The van der Waals surface area contributed by atoms with Crippen LogP contribution in [0.15, 0.2) is 36.0 Å². The van der Waals surface area contributed by atoms with E-state index < -0.39 is 52.8 Å². The summed E-state index contributed by atoms with van der Waals surface area (Å²) in [6.45, 7) is 4.75. The lowest BCUT2D eigenvalue weighted by molar-refractivity contribution is -0.150. The second kappa shape index (κ2) is 7.58. The highest BCUT2D eigenvalue weighted by atomic mass is 16.5. The second-order valence-electron chi connectivity index (χ2n) is 5.42. The Morgan fingerprint density at radius 2 is 1.92 bits per heavy atom. The fourth-order valence-electron chi connectivity index (χ4n) is 2.52. The summed E-state index contributed by atoms with van der Waals surface area (Å²) in [5, 5.41) is 27.9. The fourth-order valence-corrected chi connectivity index (χ4v) is 2.52. The van der Waals surface area contributed by atoms with E-state index >= 15 is 0 Å². The predicted molar refractivity (Wildman–Crippen MR) is 81.1 cm³/mol. The van der Waals surface area contributed by atoms with Gasteiger partial charge in [0.25, 0.3) is 0 Å². The van der Waals surface area contributed by atoms with Gasteiger partial charge in [-0.1, -0.05) is 19.6 Å². The number of hydrogen-bond donors (Lipinski definition) is 3. The molecular formula is C16H18O8. The Morgan fingerprint density at radius 1 is 1.29 bits per heavy atom. The molecule has 0 radical (unpaired) electrons. The van der Waals surface area contributed by atoms with Crippen molar-refractivity contribution in [3.05, 3.63) is 36.0 Å². The first-order valence-electron chi connectivity index (χ1n) is 7.07. The molecular weight excluding hydrogens is 320 g/mol. The molecule has 0 aliphatic heterocycles. The summed E-state index contributed by atoms with van der Waals surface area (Å²) in [4.78, 5) is 45.2. The van der Waals surface area contributed by atoms with Crippen molar-refractivity contribution in [3.63, 3.8) is 0 Å². The van der Waals surface area contributed by atoms with Crippen LogP contribution in [0.5, 0.6) is 0 Å². The molecule has 1 rings (SSSR count). The monoisotopic (exact) mass is 338 g/mol. The standard InChI is InChI=1S/C16H18O8/c1-3-12(17)24-7-5-9(2)16(15(22)23)6-4-10(13(18)19)11(8-16)14(20)21/h3-4,6,9H,1,5,7-8H2,2H3,(H,18,19)(H,20,21)(H,22,23). The average Bonchev–Trinajstić information content (AvgIpc) is 2.53. The van der Waals surface area contributed by atoms with Crippen LogP contribution in [-0.2, 0) is 23.9 Å². The Bertz CT molecular complexity index is 642. The van der Waals surface area contributed by atoms with Crippen LogP contribution < -0.4 is 0 Å². The Kier molecular flexibility index (Phi) is 6.05. The highest BCUT2D eigenvalue weighted by molar-refractivity contribution is 6.02. The Hall–Kier alpha value is -2.90. The quantitative estimate of drug-likeness (QED) is 0.444. The first-order valence-corrected chi connectivity index (χ1v) is 7.07. The van der Waals surface area contributed by atoms with Crippen LogP contribution >= 0.6 is 0 Å². The largest absolute Gasteiger partial charge is 0.481 e. The fraction of sp³-hybridized carbons (Fsp3) is 0.375. The Labute approximate surface area is 137 Å². The normalized spacial score (nSPS) is 21.0. The summed E-state index contributed by atoms with van der Waals surface area (Å²) in [5.74, 6) is -5.44. The molecule has 0 aromatic rings. The topological polar surface area (TPSA) is 138 Å². The number of carbonyl (C=O) groups excluding carboxylic acids is 1. The molecule has 0 amide bonds. The molecule has 8 heteroatoms. The average molecular weight is 338 g/mol. The molecule has 0 saturated heterocycles. The number of aliphatic carboxylic acids is 3. The first-order chi connectivity index (χ1) is 11.2. The molecule has 0 aromatic carbocycles. The highest BCUT2D eigenvalue weighted by Gasteiger charge is 2.46. The van der Waals surface area contributed by atoms with Gasteiger partial charge in [-0.05, 0) is 18.4 Å². The maximum absolute atomic E-state index is 11.8. The number of carboxylic acids is 3. The molecule has 0 bridgehead atoms. The minimum absolute atomic E-state index is 0.0627. The summed E-state index contributed by atoms with van der Waals surface area (Å²) < 4.78 is 4.81. The summed E-state index contributed by atoms with van der Waals surface area (Å²) in [7, 11) is 0. The number of rotatable bonds is 8. The number of hydrogen-bond acceptors (Lipinski definition) is 5. The highest BCUT2D eigenvalue weighted by Crippen LogP contribution is 2.42. The summed E-state index contributed by atoms with van der Waals surface area (Å²) in [6, 6.07) is 0. The van der Waals surface area contributed by atoms with Gasteiger partial charge in [0.05, 0.1) is 23.2 Å². The van der Waals surface area contributed by atoms with Crippen LogP contribution in [0.3, 0.4) is 0 Å². The molecule has 2 unspecified atom stereocenters.